The summed E-state index contributed by atoms with van der Waals surface area (Å²) >= 11 is 0. The molecule has 1 aliphatic rings. The van der Waals surface area contributed by atoms with Gasteiger partial charge in [0.2, 0.25) is 17.7 Å². The molecule has 1 saturated heterocycles. The van der Waals surface area contributed by atoms with Crippen LogP contribution in [0.4, 0.5) is 0 Å². The van der Waals surface area contributed by atoms with Crippen molar-refractivity contribution in [3.8, 4) is 0 Å². The molecule has 0 aromatic rings. The molecule has 0 aromatic carbocycles. The van der Waals surface area contributed by atoms with E-state index < -0.39 is 54.5 Å². The van der Waals surface area contributed by atoms with Gasteiger partial charge < -0.3 is 41.5 Å². The number of rotatable bonds is 18. The van der Waals surface area contributed by atoms with Gasteiger partial charge in [0.25, 0.3) is 0 Å². The number of likely N-dealkylation sites (N-methyl/N-ethyl adjacent to an activating group) is 1. The van der Waals surface area contributed by atoms with Crippen LogP contribution in [0.3, 0.4) is 0 Å². The lowest BCUT2D eigenvalue weighted by Crippen LogP contribution is -2.60. The Kier molecular flexibility index (Phi) is 15.6. The van der Waals surface area contributed by atoms with Crippen LogP contribution in [-0.4, -0.2) is 102 Å². The molecule has 0 bridgehead atoms. The number of ether oxygens (including phenoxy) is 1. The summed E-state index contributed by atoms with van der Waals surface area (Å²) < 4.78 is 5.59. The third-order valence-corrected chi connectivity index (χ3v) is 6.91. The fourth-order valence-corrected chi connectivity index (χ4v) is 4.83. The number of hydrogen-bond donors (Lipinski definition) is 6. The van der Waals surface area contributed by atoms with Gasteiger partial charge in [0.15, 0.2) is 0 Å². The first-order valence-corrected chi connectivity index (χ1v) is 13.7. The lowest BCUT2D eigenvalue weighted by Gasteiger charge is -2.42. The molecule has 0 spiro atoms. The Morgan fingerprint density at radius 3 is 2.26 bits per heavy atom. The summed E-state index contributed by atoms with van der Waals surface area (Å²) in [6.45, 7) is 4.81. The van der Waals surface area contributed by atoms with Gasteiger partial charge in [0.05, 0.1) is 18.2 Å². The summed E-state index contributed by atoms with van der Waals surface area (Å²) in [5.41, 5.74) is 5.64. The number of nitrogens with two attached hydrogens (primary N) is 1. The van der Waals surface area contributed by atoms with Crippen molar-refractivity contribution in [1.82, 2.24) is 20.9 Å². The fourth-order valence-electron chi connectivity index (χ4n) is 4.83. The Labute approximate surface area is 230 Å². The third-order valence-electron chi connectivity index (χ3n) is 6.91. The average Bonchev–Trinajstić information content (AvgIpc) is 2.88. The number of methoxy groups -OCH3 is 1. The molecule has 13 nitrogen and oxygen atoms in total. The number of amides is 3. The number of carbonyl (C=O) groups excluding carboxylic acids is 3. The summed E-state index contributed by atoms with van der Waals surface area (Å²) in [4.78, 5) is 63.7. The molecule has 1 fully saturated rings. The summed E-state index contributed by atoms with van der Waals surface area (Å²) in [5.74, 6) is -3.49. The Morgan fingerprint density at radius 1 is 1.03 bits per heavy atom. The van der Waals surface area contributed by atoms with E-state index in [0.29, 0.717) is 51.6 Å². The highest BCUT2D eigenvalue weighted by Gasteiger charge is 2.39. The lowest BCUT2D eigenvalue weighted by atomic mass is 9.93. The van der Waals surface area contributed by atoms with E-state index in [0.717, 1.165) is 0 Å². The number of aliphatic carboxylic acids is 2. The molecule has 0 aromatic heterocycles. The minimum atomic E-state index is -1.37. The maximum atomic E-state index is 13.8. The number of nitrogens with one attached hydrogen (secondary N) is 3. The van der Waals surface area contributed by atoms with E-state index in [4.69, 9.17) is 15.6 Å². The fraction of sp³-hybridized carbons (Fsp3) is 0.808. The van der Waals surface area contributed by atoms with E-state index in [-0.39, 0.29) is 30.6 Å². The molecule has 0 unspecified atom stereocenters. The molecule has 1 heterocycles. The van der Waals surface area contributed by atoms with Gasteiger partial charge in [0.1, 0.15) is 12.1 Å². The number of carboxylic acids is 2. The van der Waals surface area contributed by atoms with Crippen molar-refractivity contribution in [2.45, 2.75) is 102 Å². The molecule has 0 saturated carbocycles. The monoisotopic (exact) mass is 557 g/mol. The van der Waals surface area contributed by atoms with Crippen LogP contribution in [0.5, 0.6) is 0 Å². The summed E-state index contributed by atoms with van der Waals surface area (Å²) in [6.07, 6.45) is 2.13. The average molecular weight is 558 g/mol. The normalized spacial score (nSPS) is 19.7. The first kappa shape index (κ1) is 34.3. The molecule has 39 heavy (non-hydrogen) atoms. The van der Waals surface area contributed by atoms with Crippen LogP contribution < -0.4 is 21.7 Å². The van der Waals surface area contributed by atoms with Gasteiger partial charge in [-0.15, -0.1) is 0 Å². The molecule has 5 atom stereocenters. The predicted octanol–water partition coefficient (Wildman–Crippen LogP) is 0.0646. The van der Waals surface area contributed by atoms with Gasteiger partial charge >= 0.3 is 11.9 Å². The van der Waals surface area contributed by atoms with Crippen molar-refractivity contribution >= 4 is 29.7 Å². The molecule has 1 aliphatic heterocycles. The van der Waals surface area contributed by atoms with E-state index >= 15 is 0 Å². The Morgan fingerprint density at radius 2 is 1.72 bits per heavy atom. The zero-order valence-corrected chi connectivity index (χ0v) is 23.6. The Balaban J connectivity index is 3.12. The minimum Gasteiger partial charge on any atom is -0.481 e. The number of unbranched alkanes of at least 4 members (excludes halogenated alkanes) is 1. The highest BCUT2D eigenvalue weighted by molar-refractivity contribution is 5.90. The Hall–Kier alpha value is -2.77. The van der Waals surface area contributed by atoms with Crippen molar-refractivity contribution < 1.29 is 38.9 Å². The molecular weight excluding hydrogens is 510 g/mol. The second-order valence-electron chi connectivity index (χ2n) is 10.4. The SMILES string of the molecule is CN[C@@H](CC(C)C)C(=O)N[C@@H](CCCCN)C(=O)N1CCC[C@@H](OC)[C@H]1CC(=O)N[C@@H](CCC(=O)O)C(=O)O. The van der Waals surface area contributed by atoms with Gasteiger partial charge in [-0.2, -0.15) is 0 Å². The predicted molar refractivity (Wildman–Crippen MR) is 144 cm³/mol. The molecule has 224 valence electrons. The first-order valence-electron chi connectivity index (χ1n) is 13.7. The van der Waals surface area contributed by atoms with Crippen molar-refractivity contribution in [1.29, 1.82) is 0 Å². The maximum Gasteiger partial charge on any atom is 0.326 e. The van der Waals surface area contributed by atoms with E-state index in [9.17, 15) is 29.1 Å². The topological polar surface area (TPSA) is 200 Å². The van der Waals surface area contributed by atoms with Gasteiger partial charge in [-0.05, 0) is 64.5 Å². The van der Waals surface area contributed by atoms with Crippen LogP contribution in [0.1, 0.15) is 71.6 Å². The van der Waals surface area contributed by atoms with Gasteiger partial charge in [-0.1, -0.05) is 13.8 Å². The van der Waals surface area contributed by atoms with Gasteiger partial charge in [0, 0.05) is 26.5 Å². The molecule has 1 rings (SSSR count). The van der Waals surface area contributed by atoms with E-state index in [1.807, 2.05) is 13.8 Å². The number of piperidine rings is 1. The van der Waals surface area contributed by atoms with Crippen LogP contribution in [-0.2, 0) is 28.7 Å². The zero-order chi connectivity index (χ0) is 29.5. The van der Waals surface area contributed by atoms with Crippen LogP contribution in [0, 0.1) is 5.92 Å². The van der Waals surface area contributed by atoms with Gasteiger partial charge in [-0.25, -0.2) is 4.79 Å². The van der Waals surface area contributed by atoms with Crippen LogP contribution in [0.2, 0.25) is 0 Å². The van der Waals surface area contributed by atoms with Crippen molar-refractivity contribution in [3.63, 3.8) is 0 Å². The van der Waals surface area contributed by atoms with E-state index in [1.54, 1.807) is 11.9 Å². The number of hydrogen-bond acceptors (Lipinski definition) is 8. The Bertz CT molecular complexity index is 824. The largest absolute Gasteiger partial charge is 0.481 e. The minimum absolute atomic E-state index is 0.225. The first-order chi connectivity index (χ1) is 18.4. The summed E-state index contributed by atoms with van der Waals surface area (Å²) in [5, 5.41) is 26.6. The highest BCUT2D eigenvalue weighted by atomic mass is 16.5. The molecule has 0 radical (unpaired) electrons. The molecule has 3 amide bonds. The van der Waals surface area contributed by atoms with E-state index in [2.05, 4.69) is 16.0 Å². The number of carboxylic acid groups (broad SMARTS) is 2. The van der Waals surface area contributed by atoms with Crippen molar-refractivity contribution in [2.75, 3.05) is 27.2 Å². The standard InChI is InChI=1S/C26H47N5O8/c1-16(2)14-19(28-3)24(35)30-17(8-5-6-12-27)25(36)31-13-7-9-21(39-4)20(31)15-22(32)29-18(26(37)38)10-11-23(33)34/h16-21,28H,5-15,27H2,1-4H3,(H,29,32)(H,30,35)(H,33,34)(H,37,38)/t17-,18-,19-,20+,21+/m0/s1. The van der Waals surface area contributed by atoms with Gasteiger partial charge in [-0.3, -0.25) is 19.2 Å². The zero-order valence-electron chi connectivity index (χ0n) is 23.6. The second kappa shape index (κ2) is 17.7. The summed E-state index contributed by atoms with van der Waals surface area (Å²) in [7, 11) is 3.18. The maximum absolute atomic E-state index is 13.8. The molecular formula is C26H47N5O8. The third kappa shape index (κ3) is 11.9. The highest BCUT2D eigenvalue weighted by Crippen LogP contribution is 2.25. The number of nitrogens with zero attached hydrogens (tertiary/aromatic N) is 1. The quantitative estimate of drug-likeness (QED) is 0.125. The smallest absolute Gasteiger partial charge is 0.326 e. The van der Waals surface area contributed by atoms with Crippen LogP contribution in [0.25, 0.3) is 0 Å². The lowest BCUT2D eigenvalue weighted by molar-refractivity contribution is -0.148. The van der Waals surface area contributed by atoms with Crippen molar-refractivity contribution in [2.24, 2.45) is 11.7 Å². The molecule has 0 aliphatic carbocycles. The number of carbonyl (C=O) groups is 5. The van der Waals surface area contributed by atoms with Crippen LogP contribution in [0.15, 0.2) is 0 Å². The van der Waals surface area contributed by atoms with Crippen LogP contribution >= 0.6 is 0 Å². The number of likely N-dealkylation sites (tertiary alicyclic amines) is 1. The van der Waals surface area contributed by atoms with E-state index in [1.165, 1.54) is 7.11 Å². The molecule has 7 N–H and O–H groups in total. The second-order valence-corrected chi connectivity index (χ2v) is 10.4. The van der Waals surface area contributed by atoms with Crippen molar-refractivity contribution in [3.05, 3.63) is 0 Å². The summed E-state index contributed by atoms with van der Waals surface area (Å²) in [6, 6.07) is -3.35. The molecule has 13 heteroatoms.